The number of nitrogens with one attached hydrogen (secondary N) is 1. The number of amides is 1. The second-order valence-electron chi connectivity index (χ2n) is 6.05. The molecule has 0 saturated carbocycles. The zero-order valence-electron chi connectivity index (χ0n) is 14.9. The van der Waals surface area contributed by atoms with Crippen LogP contribution in [0.25, 0.3) is 17.1 Å². The quantitative estimate of drug-likeness (QED) is 0.500. The largest absolute Gasteiger partial charge is 0.434 e. The van der Waals surface area contributed by atoms with E-state index >= 15 is 0 Å². The van der Waals surface area contributed by atoms with E-state index in [0.717, 1.165) is 24.7 Å². The third-order valence-electron chi connectivity index (χ3n) is 4.13. The minimum absolute atomic E-state index is 0.235. The van der Waals surface area contributed by atoms with Crippen molar-refractivity contribution >= 4 is 11.6 Å². The van der Waals surface area contributed by atoms with Crippen LogP contribution in [0.5, 0.6) is 0 Å². The zero-order chi connectivity index (χ0) is 21.3. The van der Waals surface area contributed by atoms with E-state index in [2.05, 4.69) is 25.1 Å². The molecule has 1 N–H and O–H groups in total. The summed E-state index contributed by atoms with van der Waals surface area (Å²) in [5.41, 5.74) is -1.72. The minimum Gasteiger partial charge on any atom is -0.342 e. The summed E-state index contributed by atoms with van der Waals surface area (Å²) in [6, 6.07) is 10.9. The molecule has 0 saturated heterocycles. The first-order valence-electron chi connectivity index (χ1n) is 8.43. The molecule has 1 amide bonds. The highest BCUT2D eigenvalue weighted by Crippen LogP contribution is 2.34. The Kier molecular flexibility index (Phi) is 4.78. The van der Waals surface area contributed by atoms with Crippen LogP contribution >= 0.6 is 0 Å². The first kappa shape index (κ1) is 19.3. The van der Waals surface area contributed by atoms with Gasteiger partial charge in [-0.25, -0.2) is 9.07 Å². The Balaban J connectivity index is 1.65. The third-order valence-corrected chi connectivity index (χ3v) is 4.13. The average molecular weight is 417 g/mol. The van der Waals surface area contributed by atoms with Crippen LogP contribution in [-0.2, 0) is 6.18 Å². The van der Waals surface area contributed by atoms with Crippen molar-refractivity contribution in [3.05, 3.63) is 78.2 Å². The maximum atomic E-state index is 14.0. The molecule has 0 aliphatic rings. The topological polar surface area (TPSA) is 85.8 Å². The van der Waals surface area contributed by atoms with Crippen LogP contribution in [0.1, 0.15) is 16.1 Å². The lowest BCUT2D eigenvalue weighted by Crippen LogP contribution is -2.21. The van der Waals surface area contributed by atoms with Gasteiger partial charge in [0.05, 0.1) is 11.8 Å². The number of hydrogen-bond donors (Lipinski definition) is 1. The molecule has 0 unspecified atom stereocenters. The fourth-order valence-electron chi connectivity index (χ4n) is 2.79. The second-order valence-corrected chi connectivity index (χ2v) is 6.05. The van der Waals surface area contributed by atoms with E-state index in [-0.39, 0.29) is 5.69 Å². The van der Waals surface area contributed by atoms with Gasteiger partial charge in [-0.3, -0.25) is 4.79 Å². The third kappa shape index (κ3) is 3.64. The van der Waals surface area contributed by atoms with E-state index < -0.39 is 34.8 Å². The SMILES string of the molecule is O=C(Nc1ccc(-c2ncon2)cc1)c1cnn(-c2ccccc2F)c1C(F)(F)F. The number of anilines is 1. The molecule has 0 radical (unpaired) electrons. The molecule has 152 valence electrons. The number of halogens is 4. The molecule has 4 aromatic rings. The lowest BCUT2D eigenvalue weighted by Gasteiger charge is -2.13. The molecular formula is C19H11F4N5O2. The highest BCUT2D eigenvalue weighted by Gasteiger charge is 2.41. The molecule has 11 heteroatoms. The van der Waals surface area contributed by atoms with Crippen LogP contribution in [-0.4, -0.2) is 25.8 Å². The molecule has 2 aromatic heterocycles. The van der Waals surface area contributed by atoms with E-state index in [1.807, 2.05) is 0 Å². The zero-order valence-corrected chi connectivity index (χ0v) is 14.9. The van der Waals surface area contributed by atoms with Gasteiger partial charge in [-0.1, -0.05) is 17.3 Å². The van der Waals surface area contributed by atoms with Crippen LogP contribution in [0.4, 0.5) is 23.2 Å². The Labute approximate surface area is 165 Å². The van der Waals surface area contributed by atoms with Crippen LogP contribution in [0.2, 0.25) is 0 Å². The maximum Gasteiger partial charge on any atom is 0.434 e. The molecule has 0 atom stereocenters. The number of carbonyl (C=O) groups excluding carboxylic acids is 1. The number of para-hydroxylation sites is 1. The fourth-order valence-corrected chi connectivity index (χ4v) is 2.79. The van der Waals surface area contributed by atoms with Crippen molar-refractivity contribution < 1.29 is 26.9 Å². The standard InChI is InChI=1S/C19H11F4N5O2/c20-14-3-1-2-4-15(14)28-16(19(21,22)23)13(9-25-28)18(29)26-12-7-5-11(6-8-12)17-24-10-30-27-17/h1-10H,(H,26,29). The van der Waals surface area contributed by atoms with Crippen molar-refractivity contribution in [1.29, 1.82) is 0 Å². The molecule has 0 aliphatic heterocycles. The Morgan fingerprint density at radius 3 is 2.43 bits per heavy atom. The first-order chi connectivity index (χ1) is 14.3. The van der Waals surface area contributed by atoms with Gasteiger partial charge in [-0.05, 0) is 36.4 Å². The molecule has 2 heterocycles. The number of hydrogen-bond acceptors (Lipinski definition) is 5. The summed E-state index contributed by atoms with van der Waals surface area (Å²) >= 11 is 0. The van der Waals surface area contributed by atoms with Crippen molar-refractivity contribution in [2.45, 2.75) is 6.18 Å². The van der Waals surface area contributed by atoms with Gasteiger partial charge < -0.3 is 9.84 Å². The number of benzene rings is 2. The van der Waals surface area contributed by atoms with E-state index in [4.69, 9.17) is 0 Å². The Hall–Kier alpha value is -4.02. The predicted octanol–water partition coefficient (Wildman–Crippen LogP) is 4.33. The van der Waals surface area contributed by atoms with Gasteiger partial charge in [0.1, 0.15) is 11.5 Å². The highest BCUT2D eigenvalue weighted by atomic mass is 19.4. The van der Waals surface area contributed by atoms with E-state index in [1.165, 1.54) is 24.3 Å². The number of aromatic nitrogens is 4. The minimum atomic E-state index is -4.95. The Morgan fingerprint density at radius 2 is 1.80 bits per heavy atom. The molecule has 2 aromatic carbocycles. The van der Waals surface area contributed by atoms with Crippen molar-refractivity contribution in [3.63, 3.8) is 0 Å². The molecule has 4 rings (SSSR count). The summed E-state index contributed by atoms with van der Waals surface area (Å²) < 4.78 is 60.1. The molecular weight excluding hydrogens is 406 g/mol. The van der Waals surface area contributed by atoms with Gasteiger partial charge in [0.15, 0.2) is 5.69 Å². The highest BCUT2D eigenvalue weighted by molar-refractivity contribution is 6.05. The van der Waals surface area contributed by atoms with Crippen molar-refractivity contribution in [2.75, 3.05) is 5.32 Å². The van der Waals surface area contributed by atoms with Gasteiger partial charge in [-0.2, -0.15) is 23.3 Å². The molecule has 0 aliphatic carbocycles. The maximum absolute atomic E-state index is 14.0. The van der Waals surface area contributed by atoms with Crippen molar-refractivity contribution in [1.82, 2.24) is 19.9 Å². The molecule has 30 heavy (non-hydrogen) atoms. The van der Waals surface area contributed by atoms with Gasteiger partial charge >= 0.3 is 6.18 Å². The monoisotopic (exact) mass is 417 g/mol. The van der Waals surface area contributed by atoms with Crippen molar-refractivity contribution in [3.8, 4) is 17.1 Å². The normalized spacial score (nSPS) is 11.5. The fraction of sp³-hybridized carbons (Fsp3) is 0.0526. The summed E-state index contributed by atoms with van der Waals surface area (Å²) in [6.45, 7) is 0. The molecule has 0 fully saturated rings. The lowest BCUT2D eigenvalue weighted by atomic mass is 10.1. The Bertz CT molecular complexity index is 1180. The summed E-state index contributed by atoms with van der Waals surface area (Å²) in [4.78, 5) is 16.4. The van der Waals surface area contributed by atoms with Crippen LogP contribution in [0.15, 0.2) is 65.6 Å². The van der Waals surface area contributed by atoms with Gasteiger partial charge in [0.25, 0.3) is 5.91 Å². The Morgan fingerprint density at radius 1 is 1.07 bits per heavy atom. The smallest absolute Gasteiger partial charge is 0.342 e. The van der Waals surface area contributed by atoms with Crippen LogP contribution in [0, 0.1) is 5.82 Å². The van der Waals surface area contributed by atoms with E-state index in [1.54, 1.807) is 12.1 Å². The lowest BCUT2D eigenvalue weighted by molar-refractivity contribution is -0.143. The average Bonchev–Trinajstić information content (AvgIpc) is 3.39. The second kappa shape index (κ2) is 7.43. The molecule has 0 spiro atoms. The number of carbonyl (C=O) groups is 1. The molecule has 0 bridgehead atoms. The van der Waals surface area contributed by atoms with Gasteiger partial charge in [-0.15, -0.1) is 0 Å². The number of nitrogens with zero attached hydrogens (tertiary/aromatic N) is 4. The van der Waals surface area contributed by atoms with Crippen molar-refractivity contribution in [2.24, 2.45) is 0 Å². The molecule has 7 nitrogen and oxygen atoms in total. The summed E-state index contributed by atoms with van der Waals surface area (Å²) in [7, 11) is 0. The van der Waals surface area contributed by atoms with Gasteiger partial charge in [0.2, 0.25) is 12.2 Å². The first-order valence-corrected chi connectivity index (χ1v) is 8.43. The van der Waals surface area contributed by atoms with Crippen LogP contribution < -0.4 is 5.32 Å². The van der Waals surface area contributed by atoms with Gasteiger partial charge in [0, 0.05) is 11.3 Å². The number of alkyl halides is 3. The summed E-state index contributed by atoms with van der Waals surface area (Å²) in [6.07, 6.45) is -3.05. The van der Waals surface area contributed by atoms with E-state index in [9.17, 15) is 22.4 Å². The van der Waals surface area contributed by atoms with E-state index in [0.29, 0.717) is 16.1 Å². The summed E-state index contributed by atoms with van der Waals surface area (Å²) in [5, 5.41) is 9.63. The van der Waals surface area contributed by atoms with Crippen LogP contribution in [0.3, 0.4) is 0 Å². The summed E-state index contributed by atoms with van der Waals surface area (Å²) in [5.74, 6) is -1.63. The number of rotatable bonds is 4. The predicted molar refractivity (Wildman–Crippen MR) is 96.2 cm³/mol.